The Hall–Kier alpha value is -1.49. The summed E-state index contributed by atoms with van der Waals surface area (Å²) < 4.78 is 19.1. The van der Waals surface area contributed by atoms with Crippen LogP contribution in [0, 0.1) is 5.82 Å². The van der Waals surface area contributed by atoms with Gasteiger partial charge < -0.3 is 15.4 Å². The monoisotopic (exact) mass is 342 g/mol. The lowest BCUT2D eigenvalue weighted by atomic mass is 9.91. The minimum Gasteiger partial charge on any atom is -0.444 e. The molecule has 0 radical (unpaired) electrons. The summed E-state index contributed by atoms with van der Waals surface area (Å²) in [4.78, 5) is 11.9. The molecule has 1 amide bonds. The van der Waals surface area contributed by atoms with E-state index in [4.69, 9.17) is 16.3 Å². The largest absolute Gasteiger partial charge is 0.444 e. The molecule has 1 aromatic carbocycles. The van der Waals surface area contributed by atoms with Crippen LogP contribution in [0.2, 0.25) is 5.02 Å². The Kier molecular flexibility index (Phi) is 5.74. The molecule has 1 fully saturated rings. The van der Waals surface area contributed by atoms with Crippen LogP contribution in [0.1, 0.15) is 46.5 Å². The van der Waals surface area contributed by atoms with Crippen molar-refractivity contribution in [2.45, 2.75) is 64.1 Å². The number of ether oxygens (including phenoxy) is 1. The van der Waals surface area contributed by atoms with Gasteiger partial charge in [0.25, 0.3) is 0 Å². The third-order valence-electron chi connectivity index (χ3n) is 3.69. The number of rotatable bonds is 3. The second-order valence-electron chi connectivity index (χ2n) is 6.98. The zero-order valence-corrected chi connectivity index (χ0v) is 14.5. The Labute approximate surface area is 141 Å². The molecular formula is C17H24ClFN2O2. The fraction of sp³-hybridized carbons (Fsp3) is 0.588. The predicted octanol–water partition coefficient (Wildman–Crippen LogP) is 4.73. The molecule has 4 nitrogen and oxygen atoms in total. The Morgan fingerprint density at radius 1 is 1.30 bits per heavy atom. The van der Waals surface area contributed by atoms with Gasteiger partial charge in [0.1, 0.15) is 11.4 Å². The van der Waals surface area contributed by atoms with Gasteiger partial charge in [0, 0.05) is 17.1 Å². The van der Waals surface area contributed by atoms with Crippen LogP contribution in [-0.4, -0.2) is 23.8 Å². The van der Waals surface area contributed by atoms with E-state index in [2.05, 4.69) is 10.6 Å². The van der Waals surface area contributed by atoms with Gasteiger partial charge in [-0.3, -0.25) is 0 Å². The average Bonchev–Trinajstić information content (AvgIpc) is 2.40. The highest BCUT2D eigenvalue weighted by atomic mass is 35.5. The quantitative estimate of drug-likeness (QED) is 0.835. The van der Waals surface area contributed by atoms with Gasteiger partial charge in [-0.1, -0.05) is 11.6 Å². The normalized spacial score (nSPS) is 21.6. The van der Waals surface area contributed by atoms with Gasteiger partial charge in [-0.15, -0.1) is 0 Å². The summed E-state index contributed by atoms with van der Waals surface area (Å²) in [5.74, 6) is -0.361. The molecule has 2 rings (SSSR count). The summed E-state index contributed by atoms with van der Waals surface area (Å²) in [7, 11) is 0. The van der Waals surface area contributed by atoms with E-state index < -0.39 is 11.7 Å². The molecule has 1 aliphatic carbocycles. The second-order valence-corrected chi connectivity index (χ2v) is 7.41. The van der Waals surface area contributed by atoms with Gasteiger partial charge in [0.15, 0.2) is 0 Å². The van der Waals surface area contributed by atoms with Crippen LogP contribution >= 0.6 is 11.6 Å². The fourth-order valence-corrected chi connectivity index (χ4v) is 2.91. The van der Waals surface area contributed by atoms with Crippen LogP contribution in [0.4, 0.5) is 14.9 Å². The third-order valence-corrected chi connectivity index (χ3v) is 3.92. The van der Waals surface area contributed by atoms with E-state index in [1.165, 1.54) is 6.07 Å². The van der Waals surface area contributed by atoms with Gasteiger partial charge >= 0.3 is 6.09 Å². The van der Waals surface area contributed by atoms with Crippen LogP contribution in [0.3, 0.4) is 0 Å². The molecule has 2 unspecified atom stereocenters. The van der Waals surface area contributed by atoms with Crippen molar-refractivity contribution in [1.82, 2.24) is 5.32 Å². The summed E-state index contributed by atoms with van der Waals surface area (Å²) >= 11 is 5.76. The minimum atomic E-state index is -0.511. The third kappa shape index (κ3) is 5.90. The first-order chi connectivity index (χ1) is 10.7. The Morgan fingerprint density at radius 3 is 2.65 bits per heavy atom. The number of alkyl carbamates (subject to hydrolysis) is 1. The zero-order valence-electron chi connectivity index (χ0n) is 13.8. The first-order valence-corrected chi connectivity index (χ1v) is 8.32. The molecule has 1 aliphatic rings. The first-order valence-electron chi connectivity index (χ1n) is 7.94. The smallest absolute Gasteiger partial charge is 0.407 e. The van der Waals surface area contributed by atoms with Crippen molar-refractivity contribution >= 4 is 23.4 Å². The van der Waals surface area contributed by atoms with E-state index in [1.807, 2.05) is 20.8 Å². The van der Waals surface area contributed by atoms with Gasteiger partial charge in [-0.05, 0) is 64.7 Å². The van der Waals surface area contributed by atoms with Crippen LogP contribution in [0.15, 0.2) is 18.2 Å². The highest BCUT2D eigenvalue weighted by Gasteiger charge is 2.25. The topological polar surface area (TPSA) is 50.4 Å². The van der Waals surface area contributed by atoms with Gasteiger partial charge in [-0.2, -0.15) is 0 Å². The fourth-order valence-electron chi connectivity index (χ4n) is 2.75. The van der Waals surface area contributed by atoms with Crippen molar-refractivity contribution in [1.29, 1.82) is 0 Å². The number of carbonyl (C=O) groups is 1. The molecule has 2 N–H and O–H groups in total. The molecule has 1 saturated carbocycles. The molecule has 0 aromatic heterocycles. The molecule has 2 atom stereocenters. The van der Waals surface area contributed by atoms with Crippen molar-refractivity contribution in [2.24, 2.45) is 0 Å². The van der Waals surface area contributed by atoms with E-state index in [0.29, 0.717) is 10.7 Å². The Balaban J connectivity index is 1.89. The summed E-state index contributed by atoms with van der Waals surface area (Å²) in [5, 5.41) is 6.48. The lowest BCUT2D eigenvalue weighted by Crippen LogP contribution is -2.43. The van der Waals surface area contributed by atoms with Crippen molar-refractivity contribution in [2.75, 3.05) is 5.32 Å². The molecule has 0 heterocycles. The van der Waals surface area contributed by atoms with Crippen molar-refractivity contribution in [3.05, 3.63) is 29.0 Å². The van der Waals surface area contributed by atoms with Crippen LogP contribution in [0.5, 0.6) is 0 Å². The molecule has 0 aliphatic heterocycles. The summed E-state index contributed by atoms with van der Waals surface area (Å²) in [5.41, 5.74) is -0.0691. The maximum atomic E-state index is 13.9. The van der Waals surface area contributed by atoms with E-state index in [-0.39, 0.29) is 17.9 Å². The number of nitrogens with one attached hydrogen (secondary N) is 2. The SMILES string of the molecule is CC(C)(C)OC(=O)NC1CCCC(Nc2ccc(Cl)cc2F)C1. The zero-order chi connectivity index (χ0) is 17.0. The molecule has 0 bridgehead atoms. The number of benzene rings is 1. The Morgan fingerprint density at radius 2 is 2.00 bits per heavy atom. The van der Waals surface area contributed by atoms with E-state index >= 15 is 0 Å². The van der Waals surface area contributed by atoms with Crippen molar-refractivity contribution in [3.8, 4) is 0 Å². The molecule has 0 saturated heterocycles. The minimum absolute atomic E-state index is 0.0338. The summed E-state index contributed by atoms with van der Waals surface area (Å²) in [6.45, 7) is 5.50. The van der Waals surface area contributed by atoms with Crippen LogP contribution in [-0.2, 0) is 4.74 Å². The van der Waals surface area contributed by atoms with Gasteiger partial charge in [0.2, 0.25) is 0 Å². The van der Waals surface area contributed by atoms with E-state index in [0.717, 1.165) is 25.7 Å². The van der Waals surface area contributed by atoms with Crippen molar-refractivity contribution in [3.63, 3.8) is 0 Å². The number of amides is 1. The maximum Gasteiger partial charge on any atom is 0.407 e. The molecule has 128 valence electrons. The summed E-state index contributed by atoms with van der Waals surface area (Å²) in [6, 6.07) is 4.74. The molecule has 23 heavy (non-hydrogen) atoms. The first kappa shape index (κ1) is 17.9. The highest BCUT2D eigenvalue weighted by Crippen LogP contribution is 2.25. The lowest BCUT2D eigenvalue weighted by Gasteiger charge is -2.31. The number of carbonyl (C=O) groups excluding carboxylic acids is 1. The average molecular weight is 343 g/mol. The van der Waals surface area contributed by atoms with Crippen molar-refractivity contribution < 1.29 is 13.9 Å². The number of anilines is 1. The number of hydrogen-bond donors (Lipinski definition) is 2. The van der Waals surface area contributed by atoms with Gasteiger partial charge in [0.05, 0.1) is 5.69 Å². The molecule has 1 aromatic rings. The maximum absolute atomic E-state index is 13.9. The number of halogens is 2. The lowest BCUT2D eigenvalue weighted by molar-refractivity contribution is 0.0492. The van der Waals surface area contributed by atoms with E-state index in [1.54, 1.807) is 12.1 Å². The molecule has 0 spiro atoms. The number of hydrogen-bond acceptors (Lipinski definition) is 3. The predicted molar refractivity (Wildman–Crippen MR) is 90.4 cm³/mol. The van der Waals surface area contributed by atoms with Crippen LogP contribution in [0.25, 0.3) is 0 Å². The standard InChI is InChI=1S/C17H24ClFN2O2/c1-17(2,3)23-16(22)21-13-6-4-5-12(10-13)20-15-8-7-11(18)9-14(15)19/h7-9,12-13,20H,4-6,10H2,1-3H3,(H,21,22). The van der Waals surface area contributed by atoms with Crippen LogP contribution < -0.4 is 10.6 Å². The van der Waals surface area contributed by atoms with E-state index in [9.17, 15) is 9.18 Å². The highest BCUT2D eigenvalue weighted by molar-refractivity contribution is 6.30. The Bertz CT molecular complexity index is 560. The summed E-state index contributed by atoms with van der Waals surface area (Å²) in [6.07, 6.45) is 3.14. The molecular weight excluding hydrogens is 319 g/mol. The molecule has 6 heteroatoms. The second kappa shape index (κ2) is 7.39. The van der Waals surface area contributed by atoms with Gasteiger partial charge in [-0.25, -0.2) is 9.18 Å².